The second-order valence-corrected chi connectivity index (χ2v) is 6.26. The lowest BCUT2D eigenvalue weighted by molar-refractivity contribution is -0.123. The SMILES string of the molecule is CC[C@@H]1C[C@H]1C(=O)NC1CCC(Br)CC1. The summed E-state index contributed by atoms with van der Waals surface area (Å²) in [5.41, 5.74) is 0. The third-order valence-corrected chi connectivity index (χ3v) is 4.70. The topological polar surface area (TPSA) is 29.1 Å². The van der Waals surface area contributed by atoms with Crippen molar-refractivity contribution in [3.8, 4) is 0 Å². The van der Waals surface area contributed by atoms with E-state index in [1.165, 1.54) is 12.8 Å². The summed E-state index contributed by atoms with van der Waals surface area (Å²) in [5.74, 6) is 1.34. The first-order valence-corrected chi connectivity index (χ1v) is 7.06. The van der Waals surface area contributed by atoms with Gasteiger partial charge >= 0.3 is 0 Å². The normalized spacial score (nSPS) is 39.9. The van der Waals surface area contributed by atoms with E-state index in [1.54, 1.807) is 0 Å². The van der Waals surface area contributed by atoms with Crippen LogP contribution in [0.3, 0.4) is 0 Å². The largest absolute Gasteiger partial charge is 0.353 e. The maximum Gasteiger partial charge on any atom is 0.223 e. The summed E-state index contributed by atoms with van der Waals surface area (Å²) >= 11 is 3.63. The Hall–Kier alpha value is -0.0500. The molecule has 0 radical (unpaired) electrons. The second-order valence-electron chi connectivity index (χ2n) is 4.97. The molecule has 1 N–H and O–H groups in total. The molecule has 0 saturated heterocycles. The van der Waals surface area contributed by atoms with Gasteiger partial charge in [-0.2, -0.15) is 0 Å². The van der Waals surface area contributed by atoms with Crippen LogP contribution in [0, 0.1) is 11.8 Å². The number of rotatable bonds is 3. The summed E-state index contributed by atoms with van der Waals surface area (Å²) in [6, 6.07) is 0.449. The van der Waals surface area contributed by atoms with E-state index in [-0.39, 0.29) is 0 Å². The molecule has 86 valence electrons. The number of carbonyl (C=O) groups is 1. The van der Waals surface area contributed by atoms with Crippen molar-refractivity contribution >= 4 is 21.8 Å². The van der Waals surface area contributed by atoms with Crippen molar-refractivity contribution in [2.75, 3.05) is 0 Å². The fourth-order valence-electron chi connectivity index (χ4n) is 2.53. The summed E-state index contributed by atoms with van der Waals surface area (Å²) in [5, 5.41) is 3.21. The van der Waals surface area contributed by atoms with E-state index in [9.17, 15) is 4.79 Å². The van der Waals surface area contributed by atoms with Crippen molar-refractivity contribution in [1.82, 2.24) is 5.32 Å². The Morgan fingerprint density at radius 1 is 1.33 bits per heavy atom. The van der Waals surface area contributed by atoms with Crippen LogP contribution in [-0.2, 0) is 4.79 Å². The van der Waals surface area contributed by atoms with Crippen LogP contribution in [0.5, 0.6) is 0 Å². The number of nitrogens with one attached hydrogen (secondary N) is 1. The van der Waals surface area contributed by atoms with Gasteiger partial charge in [0.05, 0.1) is 0 Å². The smallest absolute Gasteiger partial charge is 0.223 e. The van der Waals surface area contributed by atoms with Crippen LogP contribution >= 0.6 is 15.9 Å². The monoisotopic (exact) mass is 273 g/mol. The molecule has 0 heterocycles. The van der Waals surface area contributed by atoms with Crippen LogP contribution in [0.1, 0.15) is 45.4 Å². The number of halogens is 1. The number of hydrogen-bond donors (Lipinski definition) is 1. The van der Waals surface area contributed by atoms with Gasteiger partial charge in [-0.15, -0.1) is 0 Å². The van der Waals surface area contributed by atoms with E-state index in [2.05, 4.69) is 28.2 Å². The Balaban J connectivity index is 1.71. The Labute approximate surface area is 100 Å². The van der Waals surface area contributed by atoms with E-state index >= 15 is 0 Å². The Morgan fingerprint density at radius 3 is 2.53 bits per heavy atom. The zero-order chi connectivity index (χ0) is 10.8. The van der Waals surface area contributed by atoms with Gasteiger partial charge in [-0.3, -0.25) is 4.79 Å². The molecule has 0 unspecified atom stereocenters. The fourth-order valence-corrected chi connectivity index (χ4v) is 3.05. The molecular formula is C12H20BrNO. The minimum absolute atomic E-state index is 0.319. The molecule has 15 heavy (non-hydrogen) atoms. The predicted octanol–water partition coefficient (Wildman–Crippen LogP) is 2.85. The van der Waals surface area contributed by atoms with Crippen molar-refractivity contribution in [3.63, 3.8) is 0 Å². The van der Waals surface area contributed by atoms with Crippen LogP contribution in [0.25, 0.3) is 0 Å². The number of hydrogen-bond acceptors (Lipinski definition) is 1. The first-order chi connectivity index (χ1) is 7.20. The Morgan fingerprint density at radius 2 is 2.00 bits per heavy atom. The molecule has 0 aliphatic heterocycles. The van der Waals surface area contributed by atoms with Gasteiger partial charge in [-0.05, 0) is 38.0 Å². The van der Waals surface area contributed by atoms with Crippen molar-refractivity contribution < 1.29 is 4.79 Å². The fraction of sp³-hybridized carbons (Fsp3) is 0.917. The molecule has 0 aromatic heterocycles. The highest BCUT2D eigenvalue weighted by atomic mass is 79.9. The summed E-state index contributed by atoms with van der Waals surface area (Å²) in [6.07, 6.45) is 6.97. The molecular weight excluding hydrogens is 254 g/mol. The van der Waals surface area contributed by atoms with E-state index in [1.807, 2.05) is 0 Å². The highest BCUT2D eigenvalue weighted by Crippen LogP contribution is 2.41. The zero-order valence-electron chi connectivity index (χ0n) is 9.34. The van der Waals surface area contributed by atoms with Crippen molar-refractivity contribution in [2.45, 2.75) is 56.3 Å². The molecule has 2 atom stereocenters. The first kappa shape index (κ1) is 11.4. The van der Waals surface area contributed by atoms with Gasteiger partial charge in [0.2, 0.25) is 5.91 Å². The van der Waals surface area contributed by atoms with Crippen molar-refractivity contribution in [1.29, 1.82) is 0 Å². The van der Waals surface area contributed by atoms with Gasteiger partial charge in [0.1, 0.15) is 0 Å². The molecule has 0 aromatic rings. The van der Waals surface area contributed by atoms with Gasteiger partial charge in [-0.1, -0.05) is 29.3 Å². The average molecular weight is 274 g/mol. The predicted molar refractivity (Wildman–Crippen MR) is 65.0 cm³/mol. The lowest BCUT2D eigenvalue weighted by Gasteiger charge is -2.26. The summed E-state index contributed by atoms with van der Waals surface area (Å²) in [6.45, 7) is 2.17. The van der Waals surface area contributed by atoms with Crippen LogP contribution in [-0.4, -0.2) is 16.8 Å². The molecule has 2 fully saturated rings. The standard InChI is InChI=1S/C12H20BrNO/c1-2-8-7-11(8)12(15)14-10-5-3-9(13)4-6-10/h8-11H,2-7H2,1H3,(H,14,15)/t8-,9?,10?,11-/m1/s1. The minimum Gasteiger partial charge on any atom is -0.353 e. The van der Waals surface area contributed by atoms with Crippen LogP contribution in [0.4, 0.5) is 0 Å². The van der Waals surface area contributed by atoms with Gasteiger partial charge in [-0.25, -0.2) is 0 Å². The molecule has 2 aliphatic carbocycles. The summed E-state index contributed by atoms with van der Waals surface area (Å²) in [7, 11) is 0. The highest BCUT2D eigenvalue weighted by molar-refractivity contribution is 9.09. The molecule has 0 aromatic carbocycles. The molecule has 1 amide bonds. The summed E-state index contributed by atoms with van der Waals surface area (Å²) in [4.78, 5) is 12.5. The molecule has 2 saturated carbocycles. The Kier molecular flexibility index (Phi) is 3.70. The zero-order valence-corrected chi connectivity index (χ0v) is 10.9. The lowest BCUT2D eigenvalue weighted by atomic mass is 9.95. The molecule has 3 heteroatoms. The van der Waals surface area contributed by atoms with E-state index in [0.29, 0.717) is 28.6 Å². The Bertz CT molecular complexity index is 236. The van der Waals surface area contributed by atoms with Crippen LogP contribution in [0.2, 0.25) is 0 Å². The first-order valence-electron chi connectivity index (χ1n) is 6.15. The molecule has 0 spiro atoms. The molecule has 2 rings (SSSR count). The maximum absolute atomic E-state index is 11.8. The third-order valence-electron chi connectivity index (χ3n) is 3.79. The number of carbonyl (C=O) groups excluding carboxylic acids is 1. The lowest BCUT2D eigenvalue weighted by Crippen LogP contribution is -2.38. The van der Waals surface area contributed by atoms with Gasteiger partial charge < -0.3 is 5.32 Å². The maximum atomic E-state index is 11.8. The molecule has 0 bridgehead atoms. The van der Waals surface area contributed by atoms with Gasteiger partial charge in [0.15, 0.2) is 0 Å². The van der Waals surface area contributed by atoms with Crippen LogP contribution in [0.15, 0.2) is 0 Å². The second kappa shape index (κ2) is 4.86. The van der Waals surface area contributed by atoms with Gasteiger partial charge in [0.25, 0.3) is 0 Å². The van der Waals surface area contributed by atoms with E-state index in [4.69, 9.17) is 0 Å². The highest BCUT2D eigenvalue weighted by Gasteiger charge is 2.41. The minimum atomic E-state index is 0.319. The van der Waals surface area contributed by atoms with Crippen LogP contribution < -0.4 is 5.32 Å². The number of amides is 1. The van der Waals surface area contributed by atoms with Crippen molar-refractivity contribution in [3.05, 3.63) is 0 Å². The molecule has 2 nitrogen and oxygen atoms in total. The van der Waals surface area contributed by atoms with Crippen molar-refractivity contribution in [2.24, 2.45) is 11.8 Å². The quantitative estimate of drug-likeness (QED) is 0.788. The summed E-state index contributed by atoms with van der Waals surface area (Å²) < 4.78 is 0. The van der Waals surface area contributed by atoms with Gasteiger partial charge in [0, 0.05) is 16.8 Å². The average Bonchev–Trinajstić information content (AvgIpc) is 3.00. The third kappa shape index (κ3) is 2.96. The number of alkyl halides is 1. The van der Waals surface area contributed by atoms with E-state index in [0.717, 1.165) is 25.7 Å². The van der Waals surface area contributed by atoms with E-state index < -0.39 is 0 Å². The molecule has 2 aliphatic rings.